The lowest BCUT2D eigenvalue weighted by atomic mass is 9.99. The maximum atomic E-state index is 12.2. The molecule has 0 heterocycles. The van der Waals surface area contributed by atoms with E-state index in [1.807, 2.05) is 37.3 Å². The first-order chi connectivity index (χ1) is 8.72. The Balaban J connectivity index is 1.95. The Kier molecular flexibility index (Phi) is 4.65. The van der Waals surface area contributed by atoms with E-state index in [2.05, 4.69) is 5.32 Å². The summed E-state index contributed by atoms with van der Waals surface area (Å²) in [7, 11) is 0. The van der Waals surface area contributed by atoms with Gasteiger partial charge in [0, 0.05) is 11.9 Å². The first-order valence-electron chi connectivity index (χ1n) is 6.63. The highest BCUT2D eigenvalue weighted by Crippen LogP contribution is 2.27. The molecule has 3 heteroatoms. The summed E-state index contributed by atoms with van der Waals surface area (Å²) in [6.45, 7) is 1.95. The minimum atomic E-state index is -0.0947. The van der Waals surface area contributed by atoms with Gasteiger partial charge in [-0.25, -0.2) is 0 Å². The molecule has 1 amide bonds. The fourth-order valence-corrected chi connectivity index (χ4v) is 2.98. The van der Waals surface area contributed by atoms with Crippen molar-refractivity contribution in [1.29, 1.82) is 0 Å². The van der Waals surface area contributed by atoms with Crippen LogP contribution in [0.1, 0.15) is 37.7 Å². The summed E-state index contributed by atoms with van der Waals surface area (Å²) in [6.07, 6.45) is 3.36. The number of alkyl halides is 1. The van der Waals surface area contributed by atoms with Crippen LogP contribution in [0.25, 0.3) is 0 Å². The number of amides is 1. The highest BCUT2D eigenvalue weighted by Gasteiger charge is 2.29. The number of nitrogens with one attached hydrogen (secondary N) is 1. The molecule has 0 radical (unpaired) electrons. The van der Waals surface area contributed by atoms with Crippen LogP contribution in [0.15, 0.2) is 30.3 Å². The zero-order valence-electron chi connectivity index (χ0n) is 10.7. The normalized spacial score (nSPS) is 24.8. The quantitative estimate of drug-likeness (QED) is 0.832. The van der Waals surface area contributed by atoms with Gasteiger partial charge in [-0.05, 0) is 31.2 Å². The summed E-state index contributed by atoms with van der Waals surface area (Å²) in [5.41, 5.74) is 1.07. The van der Waals surface area contributed by atoms with Gasteiger partial charge in [-0.15, -0.1) is 11.6 Å². The van der Waals surface area contributed by atoms with Crippen molar-refractivity contribution in [2.75, 3.05) is 5.88 Å². The van der Waals surface area contributed by atoms with Crippen molar-refractivity contribution >= 4 is 17.5 Å². The van der Waals surface area contributed by atoms with Crippen LogP contribution in [0.3, 0.4) is 0 Å². The number of hydrogen-bond acceptors (Lipinski definition) is 1. The highest BCUT2D eigenvalue weighted by atomic mass is 35.5. The Labute approximate surface area is 114 Å². The van der Waals surface area contributed by atoms with Crippen molar-refractivity contribution in [3.63, 3.8) is 0 Å². The van der Waals surface area contributed by atoms with Gasteiger partial charge in [-0.2, -0.15) is 0 Å². The molecule has 0 bridgehead atoms. The predicted octanol–water partition coefficient (Wildman–Crippen LogP) is 3.31. The molecule has 0 aliphatic heterocycles. The molecule has 1 saturated carbocycles. The van der Waals surface area contributed by atoms with Gasteiger partial charge in [0.25, 0.3) is 0 Å². The summed E-state index contributed by atoms with van der Waals surface area (Å²) in [4.78, 5) is 12.2. The Morgan fingerprint density at radius 2 is 2.11 bits per heavy atom. The Morgan fingerprint density at radius 3 is 2.78 bits per heavy atom. The van der Waals surface area contributed by atoms with Crippen LogP contribution in [-0.4, -0.2) is 17.8 Å². The van der Waals surface area contributed by atoms with E-state index in [-0.39, 0.29) is 17.9 Å². The molecule has 1 N–H and O–H groups in total. The SMILES string of the molecule is CC(C(=O)NC1CCCC1CCl)c1ccccc1. The molecule has 2 nitrogen and oxygen atoms in total. The van der Waals surface area contributed by atoms with E-state index in [1.54, 1.807) is 0 Å². The third-order valence-electron chi connectivity index (χ3n) is 3.88. The van der Waals surface area contributed by atoms with E-state index in [9.17, 15) is 4.79 Å². The second kappa shape index (κ2) is 6.24. The van der Waals surface area contributed by atoms with Crippen LogP contribution in [0.5, 0.6) is 0 Å². The molecule has 0 saturated heterocycles. The molecule has 98 valence electrons. The first kappa shape index (κ1) is 13.4. The summed E-state index contributed by atoms with van der Waals surface area (Å²) in [5.74, 6) is 1.11. The van der Waals surface area contributed by atoms with Crippen molar-refractivity contribution in [2.24, 2.45) is 5.92 Å². The van der Waals surface area contributed by atoms with Crippen LogP contribution < -0.4 is 5.32 Å². The van der Waals surface area contributed by atoms with Crippen molar-refractivity contribution < 1.29 is 4.79 Å². The topological polar surface area (TPSA) is 29.1 Å². The highest BCUT2D eigenvalue weighted by molar-refractivity contribution is 6.18. The summed E-state index contributed by atoms with van der Waals surface area (Å²) >= 11 is 5.93. The van der Waals surface area contributed by atoms with Gasteiger partial charge in [-0.3, -0.25) is 4.79 Å². The number of halogens is 1. The molecule has 1 aromatic carbocycles. The summed E-state index contributed by atoms with van der Waals surface area (Å²) in [6, 6.07) is 10.2. The van der Waals surface area contributed by atoms with Crippen LogP contribution >= 0.6 is 11.6 Å². The van der Waals surface area contributed by atoms with Gasteiger partial charge in [-0.1, -0.05) is 36.8 Å². The first-order valence-corrected chi connectivity index (χ1v) is 7.17. The molecule has 18 heavy (non-hydrogen) atoms. The van der Waals surface area contributed by atoms with E-state index in [0.717, 1.165) is 18.4 Å². The zero-order chi connectivity index (χ0) is 13.0. The lowest BCUT2D eigenvalue weighted by Crippen LogP contribution is -2.40. The van der Waals surface area contributed by atoms with Crippen molar-refractivity contribution in [1.82, 2.24) is 5.32 Å². The third kappa shape index (κ3) is 3.05. The van der Waals surface area contributed by atoms with Crippen molar-refractivity contribution in [2.45, 2.75) is 38.1 Å². The zero-order valence-corrected chi connectivity index (χ0v) is 11.5. The number of rotatable bonds is 4. The van der Waals surface area contributed by atoms with Crippen molar-refractivity contribution in [3.8, 4) is 0 Å². The van der Waals surface area contributed by atoms with Gasteiger partial charge in [0.15, 0.2) is 0 Å². The molecule has 3 atom stereocenters. The van der Waals surface area contributed by atoms with Gasteiger partial charge in [0.2, 0.25) is 5.91 Å². The fraction of sp³-hybridized carbons (Fsp3) is 0.533. The van der Waals surface area contributed by atoms with E-state index >= 15 is 0 Å². The van der Waals surface area contributed by atoms with Gasteiger partial charge in [0.1, 0.15) is 0 Å². The minimum absolute atomic E-state index is 0.0947. The maximum Gasteiger partial charge on any atom is 0.227 e. The van der Waals surface area contributed by atoms with Gasteiger partial charge < -0.3 is 5.32 Å². The molecular weight excluding hydrogens is 246 g/mol. The number of hydrogen-bond donors (Lipinski definition) is 1. The molecule has 1 aliphatic carbocycles. The smallest absolute Gasteiger partial charge is 0.227 e. The van der Waals surface area contributed by atoms with E-state index in [0.29, 0.717) is 11.8 Å². The van der Waals surface area contributed by atoms with Gasteiger partial charge >= 0.3 is 0 Å². The largest absolute Gasteiger partial charge is 0.353 e. The lowest BCUT2D eigenvalue weighted by Gasteiger charge is -2.21. The predicted molar refractivity (Wildman–Crippen MR) is 74.8 cm³/mol. The van der Waals surface area contributed by atoms with E-state index in [1.165, 1.54) is 6.42 Å². The number of carbonyl (C=O) groups excluding carboxylic acids is 1. The minimum Gasteiger partial charge on any atom is -0.353 e. The van der Waals surface area contributed by atoms with E-state index in [4.69, 9.17) is 11.6 Å². The second-order valence-electron chi connectivity index (χ2n) is 5.09. The lowest BCUT2D eigenvalue weighted by molar-refractivity contribution is -0.123. The number of carbonyl (C=O) groups is 1. The average Bonchev–Trinajstić information content (AvgIpc) is 2.86. The Hall–Kier alpha value is -1.02. The van der Waals surface area contributed by atoms with Crippen LogP contribution in [-0.2, 0) is 4.79 Å². The van der Waals surface area contributed by atoms with Crippen LogP contribution in [0.2, 0.25) is 0 Å². The molecule has 1 fully saturated rings. The Morgan fingerprint density at radius 1 is 1.39 bits per heavy atom. The number of benzene rings is 1. The third-order valence-corrected chi connectivity index (χ3v) is 4.27. The monoisotopic (exact) mass is 265 g/mol. The van der Waals surface area contributed by atoms with E-state index < -0.39 is 0 Å². The van der Waals surface area contributed by atoms with Crippen LogP contribution in [0.4, 0.5) is 0 Å². The van der Waals surface area contributed by atoms with Crippen LogP contribution in [0, 0.1) is 5.92 Å². The summed E-state index contributed by atoms with van der Waals surface area (Å²) < 4.78 is 0. The van der Waals surface area contributed by atoms with Gasteiger partial charge in [0.05, 0.1) is 5.92 Å². The van der Waals surface area contributed by atoms with Crippen molar-refractivity contribution in [3.05, 3.63) is 35.9 Å². The molecule has 0 aromatic heterocycles. The summed E-state index contributed by atoms with van der Waals surface area (Å²) in [5, 5.41) is 3.15. The second-order valence-corrected chi connectivity index (χ2v) is 5.40. The molecule has 2 rings (SSSR count). The molecular formula is C15H20ClNO. The molecule has 0 spiro atoms. The molecule has 1 aliphatic rings. The average molecular weight is 266 g/mol. The molecule has 3 unspecified atom stereocenters. The fourth-order valence-electron chi connectivity index (χ4n) is 2.61. The molecule has 1 aromatic rings. The standard InChI is InChI=1S/C15H20ClNO/c1-11(12-6-3-2-4-7-12)15(18)17-14-9-5-8-13(14)10-16/h2-4,6-7,11,13-14H,5,8-10H2,1H3,(H,17,18). The Bertz CT molecular complexity index is 393. The maximum absolute atomic E-state index is 12.2.